The smallest absolute Gasteiger partial charge is 0.274 e. The lowest BCUT2D eigenvalue weighted by Crippen LogP contribution is -2.35. The molecular formula is C35H38ClN7O4. The van der Waals surface area contributed by atoms with Gasteiger partial charge in [0.15, 0.2) is 0 Å². The van der Waals surface area contributed by atoms with E-state index in [9.17, 15) is 14.7 Å². The predicted octanol–water partition coefficient (Wildman–Crippen LogP) is 4.15. The van der Waals surface area contributed by atoms with Crippen LogP contribution in [0.4, 0.5) is 5.69 Å². The third-order valence-electron chi connectivity index (χ3n) is 8.75. The summed E-state index contributed by atoms with van der Waals surface area (Å²) < 4.78 is 5.62. The molecule has 1 aromatic carbocycles. The first-order valence-corrected chi connectivity index (χ1v) is 16.1. The molecule has 1 fully saturated rings. The minimum Gasteiger partial charge on any atom is -0.481 e. The molecule has 4 N–H and O–H groups in total. The fourth-order valence-corrected chi connectivity index (χ4v) is 6.45. The number of anilines is 1. The Hall–Kier alpha value is -4.42. The Morgan fingerprint density at radius 2 is 2.02 bits per heavy atom. The number of methoxy groups -OCH3 is 1. The SMILES string of the molecule is COc1nc(-c2ccnc(-c3cccc(NC(=O)c4cc5c(cn4)CCN(CCO)C5)c3C)c2Cl)ccc1CNC[C@@H]1CCC(=O)N1. The van der Waals surface area contributed by atoms with E-state index in [1.807, 2.05) is 49.4 Å². The van der Waals surface area contributed by atoms with Crippen molar-refractivity contribution in [1.29, 1.82) is 0 Å². The fraction of sp³-hybridized carbons (Fsp3) is 0.343. The van der Waals surface area contributed by atoms with Crippen LogP contribution in [0.2, 0.25) is 5.02 Å². The van der Waals surface area contributed by atoms with E-state index in [4.69, 9.17) is 21.3 Å². The van der Waals surface area contributed by atoms with E-state index < -0.39 is 0 Å². The van der Waals surface area contributed by atoms with Crippen molar-refractivity contribution in [2.45, 2.75) is 45.3 Å². The average Bonchev–Trinajstić information content (AvgIpc) is 3.50. The molecule has 12 heteroatoms. The first-order chi connectivity index (χ1) is 22.8. The van der Waals surface area contributed by atoms with Crippen LogP contribution in [0, 0.1) is 6.92 Å². The number of β-amino-alcohol motifs (C(OH)–C–C–N with tert-alkyl or cyclic N) is 1. The zero-order valence-electron chi connectivity index (χ0n) is 26.5. The van der Waals surface area contributed by atoms with Crippen LogP contribution >= 0.6 is 11.6 Å². The van der Waals surface area contributed by atoms with Crippen LogP contribution in [0.25, 0.3) is 22.5 Å². The molecule has 4 aromatic rings. The molecule has 244 valence electrons. The standard InChI is InChI=1S/C35H38ClN7O4/c1-21-26(4-3-5-28(21)41-34(46)30-16-24-20-43(14-15-44)13-11-22(24)18-39-30)33-32(36)27(10-12-38-33)29-8-6-23(35(42-29)47-2)17-37-19-25-7-9-31(45)40-25/h3-6,8,10,12,16,18,25,37,44H,7,9,11,13-15,17,19-20H2,1-2H3,(H,40,45)(H,41,46)/t25-/m0/s1. The highest BCUT2D eigenvalue weighted by Crippen LogP contribution is 2.38. The summed E-state index contributed by atoms with van der Waals surface area (Å²) in [6, 6.07) is 13.3. The largest absolute Gasteiger partial charge is 0.481 e. The number of rotatable bonds is 11. The number of fused-ring (bicyclic) bond motifs is 1. The molecule has 0 aliphatic carbocycles. The average molecular weight is 656 g/mol. The topological polar surface area (TPSA) is 142 Å². The van der Waals surface area contributed by atoms with Crippen LogP contribution in [0.15, 0.2) is 54.9 Å². The molecule has 0 unspecified atom stereocenters. The monoisotopic (exact) mass is 655 g/mol. The quantitative estimate of drug-likeness (QED) is 0.188. The minimum absolute atomic E-state index is 0.0933. The number of nitrogens with one attached hydrogen (secondary N) is 3. The van der Waals surface area contributed by atoms with Crippen molar-refractivity contribution in [1.82, 2.24) is 30.5 Å². The number of carbonyl (C=O) groups is 2. The summed E-state index contributed by atoms with van der Waals surface area (Å²) in [6.45, 7) is 5.37. The van der Waals surface area contributed by atoms with Crippen LogP contribution in [0.5, 0.6) is 5.88 Å². The van der Waals surface area contributed by atoms with Gasteiger partial charge in [-0.05, 0) is 60.7 Å². The number of nitrogens with zero attached hydrogens (tertiary/aromatic N) is 4. The third-order valence-corrected chi connectivity index (χ3v) is 9.13. The maximum atomic E-state index is 13.3. The van der Waals surface area contributed by atoms with Gasteiger partial charge in [0.1, 0.15) is 5.69 Å². The molecule has 1 atom stereocenters. The number of pyridine rings is 3. The minimum atomic E-state index is -0.306. The van der Waals surface area contributed by atoms with Crippen LogP contribution in [-0.4, -0.2) is 76.2 Å². The van der Waals surface area contributed by atoms with E-state index in [1.54, 1.807) is 19.5 Å². The summed E-state index contributed by atoms with van der Waals surface area (Å²) in [7, 11) is 1.58. The van der Waals surface area contributed by atoms with Gasteiger partial charge < -0.3 is 25.8 Å². The number of carbonyl (C=O) groups excluding carboxylic acids is 2. The molecule has 3 aromatic heterocycles. The van der Waals surface area contributed by atoms with Gasteiger partial charge >= 0.3 is 0 Å². The van der Waals surface area contributed by atoms with E-state index in [0.29, 0.717) is 71.8 Å². The lowest BCUT2D eigenvalue weighted by Gasteiger charge is -2.28. The zero-order valence-corrected chi connectivity index (χ0v) is 27.2. The van der Waals surface area contributed by atoms with Crippen molar-refractivity contribution in [2.75, 3.05) is 38.7 Å². The summed E-state index contributed by atoms with van der Waals surface area (Å²) in [5.41, 5.74) is 7.53. The van der Waals surface area contributed by atoms with Crippen molar-refractivity contribution in [3.05, 3.63) is 87.8 Å². The Balaban J connectivity index is 1.19. The van der Waals surface area contributed by atoms with Gasteiger partial charge in [0.25, 0.3) is 5.91 Å². The highest BCUT2D eigenvalue weighted by Gasteiger charge is 2.22. The normalized spacial score (nSPS) is 16.1. The highest BCUT2D eigenvalue weighted by atomic mass is 35.5. The molecule has 2 aliphatic heterocycles. The van der Waals surface area contributed by atoms with E-state index in [-0.39, 0.29) is 24.5 Å². The summed E-state index contributed by atoms with van der Waals surface area (Å²) in [5.74, 6) is 0.271. The Kier molecular flexibility index (Phi) is 10.1. The molecule has 6 rings (SSSR count). The molecule has 5 heterocycles. The number of benzene rings is 1. The lowest BCUT2D eigenvalue weighted by molar-refractivity contribution is -0.119. The van der Waals surface area contributed by atoms with Gasteiger partial charge in [-0.25, -0.2) is 4.98 Å². The van der Waals surface area contributed by atoms with E-state index in [1.165, 1.54) is 0 Å². The lowest BCUT2D eigenvalue weighted by atomic mass is 10.00. The van der Waals surface area contributed by atoms with Crippen molar-refractivity contribution in [3.8, 4) is 28.4 Å². The van der Waals surface area contributed by atoms with Gasteiger partial charge in [0.2, 0.25) is 11.8 Å². The van der Waals surface area contributed by atoms with Crippen LogP contribution in [0.3, 0.4) is 0 Å². The van der Waals surface area contributed by atoms with E-state index in [2.05, 4.69) is 30.8 Å². The molecular weight excluding hydrogens is 618 g/mol. The Bertz CT molecular complexity index is 1800. The molecule has 2 aliphatic rings. The highest BCUT2D eigenvalue weighted by molar-refractivity contribution is 6.35. The maximum absolute atomic E-state index is 13.3. The first-order valence-electron chi connectivity index (χ1n) is 15.8. The predicted molar refractivity (Wildman–Crippen MR) is 180 cm³/mol. The van der Waals surface area contributed by atoms with Gasteiger partial charge in [0.05, 0.1) is 30.1 Å². The summed E-state index contributed by atoms with van der Waals surface area (Å²) in [4.78, 5) is 40.8. The molecule has 11 nitrogen and oxygen atoms in total. The second-order valence-electron chi connectivity index (χ2n) is 11.8. The van der Waals surface area contributed by atoms with Crippen LogP contribution in [0.1, 0.15) is 45.6 Å². The number of aliphatic hydroxyl groups excluding tert-OH is 1. The summed E-state index contributed by atoms with van der Waals surface area (Å²) in [5, 5.41) is 19.1. The number of aliphatic hydroxyl groups is 1. The summed E-state index contributed by atoms with van der Waals surface area (Å²) >= 11 is 7.00. The fourth-order valence-electron chi connectivity index (χ4n) is 6.14. The maximum Gasteiger partial charge on any atom is 0.274 e. The molecule has 0 saturated carbocycles. The number of amides is 2. The Morgan fingerprint density at radius 3 is 2.81 bits per heavy atom. The van der Waals surface area contributed by atoms with Gasteiger partial charge in [-0.2, -0.15) is 0 Å². The van der Waals surface area contributed by atoms with Crippen LogP contribution < -0.4 is 20.7 Å². The zero-order chi connectivity index (χ0) is 32.9. The second-order valence-corrected chi connectivity index (χ2v) is 12.2. The van der Waals surface area contributed by atoms with E-state index >= 15 is 0 Å². The molecule has 0 radical (unpaired) electrons. The van der Waals surface area contributed by atoms with Crippen LogP contribution in [-0.2, 0) is 24.3 Å². The molecule has 47 heavy (non-hydrogen) atoms. The number of halogens is 1. The van der Waals surface area contributed by atoms with Gasteiger partial charge in [0, 0.05) is 80.0 Å². The Labute approximate surface area is 278 Å². The second kappa shape index (κ2) is 14.6. The van der Waals surface area contributed by atoms with Crippen molar-refractivity contribution < 1.29 is 19.4 Å². The molecule has 0 bridgehead atoms. The molecule has 1 saturated heterocycles. The summed E-state index contributed by atoms with van der Waals surface area (Å²) in [6.07, 6.45) is 5.71. The van der Waals surface area contributed by atoms with Crippen molar-refractivity contribution >= 4 is 29.1 Å². The molecule has 2 amide bonds. The number of ether oxygens (including phenoxy) is 1. The van der Waals surface area contributed by atoms with E-state index in [0.717, 1.165) is 47.2 Å². The molecule has 0 spiro atoms. The Morgan fingerprint density at radius 1 is 1.15 bits per heavy atom. The van der Waals surface area contributed by atoms with Crippen molar-refractivity contribution in [2.24, 2.45) is 0 Å². The van der Waals surface area contributed by atoms with Crippen molar-refractivity contribution in [3.63, 3.8) is 0 Å². The first kappa shape index (κ1) is 32.5. The number of aromatic nitrogens is 3. The van der Waals surface area contributed by atoms with Gasteiger partial charge in [-0.15, -0.1) is 0 Å². The number of hydrogen-bond acceptors (Lipinski definition) is 9. The third kappa shape index (κ3) is 7.28. The van der Waals surface area contributed by atoms with Gasteiger partial charge in [-0.1, -0.05) is 29.8 Å². The number of hydrogen-bond donors (Lipinski definition) is 4. The van der Waals surface area contributed by atoms with Gasteiger partial charge in [-0.3, -0.25) is 24.5 Å².